The summed E-state index contributed by atoms with van der Waals surface area (Å²) in [4.78, 5) is 23.8. The Labute approximate surface area is 139 Å². The Morgan fingerprint density at radius 1 is 1.25 bits per heavy atom. The Kier molecular flexibility index (Phi) is 7.70. The molecule has 8 heteroatoms. The van der Waals surface area contributed by atoms with E-state index >= 15 is 0 Å². The van der Waals surface area contributed by atoms with Crippen LogP contribution in [0.5, 0.6) is 0 Å². The maximum absolute atomic E-state index is 12.5. The summed E-state index contributed by atoms with van der Waals surface area (Å²) in [6.45, 7) is 1.98. The van der Waals surface area contributed by atoms with Crippen LogP contribution in [0.3, 0.4) is 0 Å². The number of benzene rings is 1. The quantitative estimate of drug-likeness (QED) is 0.712. The lowest BCUT2D eigenvalue weighted by atomic mass is 10.1. The number of rotatable bonds is 8. The van der Waals surface area contributed by atoms with Crippen molar-refractivity contribution in [2.45, 2.75) is 32.5 Å². The van der Waals surface area contributed by atoms with Crippen molar-refractivity contribution in [3.05, 3.63) is 29.8 Å². The Balaban J connectivity index is 2.70. The van der Waals surface area contributed by atoms with Crippen LogP contribution in [-0.2, 0) is 16.1 Å². The van der Waals surface area contributed by atoms with Crippen LogP contribution in [0.4, 0.5) is 18.9 Å². The highest BCUT2D eigenvalue weighted by molar-refractivity contribution is 5.90. The topological polar surface area (TPSA) is 61.4 Å². The van der Waals surface area contributed by atoms with Gasteiger partial charge in [0, 0.05) is 25.2 Å². The molecule has 0 aromatic heterocycles. The Morgan fingerprint density at radius 3 is 2.54 bits per heavy atom. The summed E-state index contributed by atoms with van der Waals surface area (Å²) < 4.78 is 37.6. The third kappa shape index (κ3) is 6.57. The maximum atomic E-state index is 12.5. The summed E-state index contributed by atoms with van der Waals surface area (Å²) in [6, 6.07) is 6.47. The number of hydrogen-bond acceptors (Lipinski definition) is 3. The second-order valence-corrected chi connectivity index (χ2v) is 5.27. The monoisotopic (exact) mass is 345 g/mol. The van der Waals surface area contributed by atoms with Crippen molar-refractivity contribution in [3.63, 3.8) is 0 Å². The number of halogens is 3. The van der Waals surface area contributed by atoms with E-state index in [2.05, 4.69) is 10.6 Å². The van der Waals surface area contributed by atoms with Gasteiger partial charge in [-0.2, -0.15) is 13.2 Å². The van der Waals surface area contributed by atoms with Crippen molar-refractivity contribution in [1.29, 1.82) is 0 Å². The van der Waals surface area contributed by atoms with Crippen molar-refractivity contribution in [3.8, 4) is 0 Å². The zero-order chi connectivity index (χ0) is 18.2. The average Bonchev–Trinajstić information content (AvgIpc) is 2.51. The van der Waals surface area contributed by atoms with Crippen LogP contribution in [0.25, 0.3) is 0 Å². The Morgan fingerprint density at radius 2 is 1.96 bits per heavy atom. The molecule has 0 atom stereocenters. The molecule has 0 aliphatic heterocycles. The van der Waals surface area contributed by atoms with Crippen molar-refractivity contribution in [2.75, 3.05) is 25.5 Å². The Bertz CT molecular complexity index is 562. The number of carbonyl (C=O) groups excluding carboxylic acids is 2. The van der Waals surface area contributed by atoms with Crippen molar-refractivity contribution in [2.24, 2.45) is 0 Å². The smallest absolute Gasteiger partial charge is 0.331 e. The van der Waals surface area contributed by atoms with E-state index in [1.807, 2.05) is 0 Å². The van der Waals surface area contributed by atoms with Gasteiger partial charge in [0.2, 0.25) is 5.91 Å². The average molecular weight is 345 g/mol. The zero-order valence-electron chi connectivity index (χ0n) is 13.7. The second kappa shape index (κ2) is 9.27. The van der Waals surface area contributed by atoms with E-state index in [1.165, 1.54) is 6.92 Å². The number of carbonyl (C=O) groups is 2. The SMILES string of the molecule is CCN(Cc1cccc(NC(=O)CCCNC)c1)C(=O)C(F)(F)F. The van der Waals surface area contributed by atoms with Crippen LogP contribution in [0, 0.1) is 0 Å². The molecule has 0 aliphatic carbocycles. The van der Waals surface area contributed by atoms with Gasteiger partial charge < -0.3 is 15.5 Å². The van der Waals surface area contributed by atoms with E-state index in [0.717, 1.165) is 6.54 Å². The first-order chi connectivity index (χ1) is 11.3. The molecule has 0 aliphatic rings. The summed E-state index contributed by atoms with van der Waals surface area (Å²) in [5, 5.41) is 5.64. The Hall–Kier alpha value is -2.09. The molecule has 0 bridgehead atoms. The predicted octanol–water partition coefficient (Wildman–Crippen LogP) is 2.54. The van der Waals surface area contributed by atoms with Crippen molar-refractivity contribution < 1.29 is 22.8 Å². The number of alkyl halides is 3. The van der Waals surface area contributed by atoms with Gasteiger partial charge in [0.05, 0.1) is 0 Å². The van der Waals surface area contributed by atoms with Crippen LogP contribution in [-0.4, -0.2) is 43.0 Å². The van der Waals surface area contributed by atoms with Crippen molar-refractivity contribution in [1.82, 2.24) is 10.2 Å². The van der Waals surface area contributed by atoms with Crippen molar-refractivity contribution >= 4 is 17.5 Å². The number of nitrogens with one attached hydrogen (secondary N) is 2. The van der Waals surface area contributed by atoms with Gasteiger partial charge in [-0.3, -0.25) is 9.59 Å². The molecule has 2 amide bonds. The van der Waals surface area contributed by atoms with Gasteiger partial charge in [0.15, 0.2) is 0 Å². The lowest BCUT2D eigenvalue weighted by molar-refractivity contribution is -0.185. The molecule has 5 nitrogen and oxygen atoms in total. The molecular weight excluding hydrogens is 323 g/mol. The first-order valence-corrected chi connectivity index (χ1v) is 7.67. The summed E-state index contributed by atoms with van der Waals surface area (Å²) in [6.07, 6.45) is -3.86. The first-order valence-electron chi connectivity index (χ1n) is 7.67. The van der Waals surface area contributed by atoms with Gasteiger partial charge in [0.1, 0.15) is 0 Å². The van der Waals surface area contributed by atoms with Gasteiger partial charge in [-0.1, -0.05) is 12.1 Å². The highest BCUT2D eigenvalue weighted by Gasteiger charge is 2.41. The molecule has 0 fully saturated rings. The highest BCUT2D eigenvalue weighted by Crippen LogP contribution is 2.20. The number of anilines is 1. The van der Waals surface area contributed by atoms with E-state index in [4.69, 9.17) is 0 Å². The summed E-state index contributed by atoms with van der Waals surface area (Å²) in [5.74, 6) is -2.03. The standard InChI is InChI=1S/C16H22F3N3O2/c1-3-22(15(24)16(17,18)19)11-12-6-4-7-13(10-12)21-14(23)8-5-9-20-2/h4,6-7,10,20H,3,5,8-9,11H2,1-2H3,(H,21,23). The lowest BCUT2D eigenvalue weighted by Gasteiger charge is -2.22. The van der Waals surface area contributed by atoms with Gasteiger partial charge in [-0.25, -0.2) is 0 Å². The predicted molar refractivity (Wildman–Crippen MR) is 85.4 cm³/mol. The number of nitrogens with zero attached hydrogens (tertiary/aromatic N) is 1. The minimum Gasteiger partial charge on any atom is -0.331 e. The third-order valence-corrected chi connectivity index (χ3v) is 3.33. The van der Waals surface area contributed by atoms with E-state index in [1.54, 1.807) is 31.3 Å². The van der Waals surface area contributed by atoms with E-state index in [9.17, 15) is 22.8 Å². The lowest BCUT2D eigenvalue weighted by Crippen LogP contribution is -2.40. The summed E-state index contributed by atoms with van der Waals surface area (Å²) in [7, 11) is 1.79. The van der Waals surface area contributed by atoms with Gasteiger partial charge in [-0.15, -0.1) is 0 Å². The molecule has 134 valence electrons. The molecule has 0 radical (unpaired) electrons. The fourth-order valence-corrected chi connectivity index (χ4v) is 2.12. The normalized spacial score (nSPS) is 11.2. The summed E-state index contributed by atoms with van der Waals surface area (Å²) >= 11 is 0. The van der Waals surface area contributed by atoms with E-state index in [0.29, 0.717) is 29.0 Å². The number of hydrogen-bond donors (Lipinski definition) is 2. The minimum absolute atomic E-state index is 0.0566. The molecule has 1 rings (SSSR count). The molecule has 2 N–H and O–H groups in total. The molecule has 0 spiro atoms. The van der Waals surface area contributed by atoms with Crippen LogP contribution >= 0.6 is 0 Å². The molecular formula is C16H22F3N3O2. The molecule has 0 saturated carbocycles. The zero-order valence-corrected chi connectivity index (χ0v) is 13.7. The molecule has 24 heavy (non-hydrogen) atoms. The van der Waals surface area contributed by atoms with Crippen LogP contribution < -0.4 is 10.6 Å². The second-order valence-electron chi connectivity index (χ2n) is 5.27. The third-order valence-electron chi connectivity index (χ3n) is 3.33. The van der Waals surface area contributed by atoms with Gasteiger partial charge >= 0.3 is 12.1 Å². The molecule has 1 aromatic rings. The molecule has 1 aromatic carbocycles. The van der Waals surface area contributed by atoms with Crippen LogP contribution in [0.1, 0.15) is 25.3 Å². The molecule has 0 heterocycles. The fraction of sp³-hybridized carbons (Fsp3) is 0.500. The largest absolute Gasteiger partial charge is 0.471 e. The van der Waals surface area contributed by atoms with Crippen LogP contribution in [0.15, 0.2) is 24.3 Å². The van der Waals surface area contributed by atoms with Crippen LogP contribution in [0.2, 0.25) is 0 Å². The van der Waals surface area contributed by atoms with Gasteiger partial charge in [-0.05, 0) is 44.6 Å². The maximum Gasteiger partial charge on any atom is 0.471 e. The molecule has 0 unspecified atom stereocenters. The fourth-order valence-electron chi connectivity index (χ4n) is 2.12. The highest BCUT2D eigenvalue weighted by atomic mass is 19.4. The minimum atomic E-state index is -4.89. The summed E-state index contributed by atoms with van der Waals surface area (Å²) in [5.41, 5.74) is 1.01. The molecule has 0 saturated heterocycles. The van der Waals surface area contributed by atoms with E-state index in [-0.39, 0.29) is 19.0 Å². The van der Waals surface area contributed by atoms with Gasteiger partial charge in [0.25, 0.3) is 0 Å². The number of amides is 2. The first kappa shape index (κ1) is 20.0. The van der Waals surface area contributed by atoms with E-state index < -0.39 is 12.1 Å².